The predicted octanol–water partition coefficient (Wildman–Crippen LogP) is 5.68. The molecule has 7 nitrogen and oxygen atoms in total. The summed E-state index contributed by atoms with van der Waals surface area (Å²) in [5, 5.41) is 0. The van der Waals surface area contributed by atoms with E-state index in [1.807, 2.05) is 77.1 Å². The van der Waals surface area contributed by atoms with Gasteiger partial charge in [0.15, 0.2) is 0 Å². The van der Waals surface area contributed by atoms with E-state index in [4.69, 9.17) is 9.72 Å². The lowest BCUT2D eigenvalue weighted by Gasteiger charge is -2.26. The molecule has 3 aromatic rings. The first-order valence-electron chi connectivity index (χ1n) is 12.4. The van der Waals surface area contributed by atoms with Crippen LogP contribution in [0.4, 0.5) is 10.6 Å². The first-order chi connectivity index (χ1) is 17.1. The van der Waals surface area contributed by atoms with E-state index in [-0.39, 0.29) is 13.3 Å². The normalized spacial score (nSPS) is 14.4. The van der Waals surface area contributed by atoms with Gasteiger partial charge < -0.3 is 14.5 Å². The number of rotatable bonds is 4. The lowest BCUT2D eigenvalue weighted by molar-refractivity contribution is 0.0263. The van der Waals surface area contributed by atoms with Crippen molar-refractivity contribution in [2.75, 3.05) is 31.1 Å². The maximum atomic E-state index is 13.5. The maximum absolute atomic E-state index is 13.5. The zero-order chi connectivity index (χ0) is 25.9. The summed E-state index contributed by atoms with van der Waals surface area (Å²) in [5.74, 6) is 0.577. The van der Waals surface area contributed by atoms with Gasteiger partial charge in [0.1, 0.15) is 17.1 Å². The minimum absolute atomic E-state index is 0. The lowest BCUT2D eigenvalue weighted by Crippen LogP contribution is -2.39. The van der Waals surface area contributed by atoms with Crippen molar-refractivity contribution < 1.29 is 15.8 Å². The molecule has 1 fully saturated rings. The summed E-state index contributed by atoms with van der Waals surface area (Å²) < 4.78 is 5.53. The van der Waals surface area contributed by atoms with E-state index in [2.05, 4.69) is 9.88 Å². The van der Waals surface area contributed by atoms with Crippen LogP contribution in [0.5, 0.6) is 0 Å². The highest BCUT2D eigenvalue weighted by molar-refractivity contribution is 6.09. The Kier molecular flexibility index (Phi) is 7.38. The lowest BCUT2D eigenvalue weighted by atomic mass is 10.00. The first kappa shape index (κ1) is 25.4. The summed E-state index contributed by atoms with van der Waals surface area (Å²) in [6.45, 7) is 12.0. The molecule has 0 N–H and O–H groups in total. The molecule has 0 spiro atoms. The van der Waals surface area contributed by atoms with Gasteiger partial charge in [-0.2, -0.15) is 0 Å². The molecule has 36 heavy (non-hydrogen) atoms. The van der Waals surface area contributed by atoms with Crippen LogP contribution in [0, 0.1) is 13.8 Å². The fourth-order valence-corrected chi connectivity index (χ4v) is 4.19. The second kappa shape index (κ2) is 10.5. The number of pyridine rings is 2. The van der Waals surface area contributed by atoms with E-state index in [1.54, 1.807) is 17.2 Å². The second-order valence-corrected chi connectivity index (χ2v) is 10.2. The number of ether oxygens (including phenoxy) is 1. The van der Waals surface area contributed by atoms with Crippen molar-refractivity contribution in [3.63, 3.8) is 0 Å². The molecule has 0 bridgehead atoms. The molecule has 190 valence electrons. The van der Waals surface area contributed by atoms with Gasteiger partial charge in [-0.15, -0.1) is 0 Å². The van der Waals surface area contributed by atoms with E-state index >= 15 is 0 Å². The Hall–Kier alpha value is -3.74. The molecule has 1 saturated heterocycles. The topological polar surface area (TPSA) is 75.6 Å². The highest BCUT2D eigenvalue weighted by atomic mass is 16.6. The Morgan fingerprint density at radius 2 is 1.69 bits per heavy atom. The molecule has 0 radical (unpaired) electrons. The van der Waals surface area contributed by atoms with Crippen molar-refractivity contribution in [1.82, 2.24) is 14.9 Å². The quantitative estimate of drug-likeness (QED) is 0.440. The molecular formula is C29H36N4O3. The van der Waals surface area contributed by atoms with Crippen LogP contribution in [0.1, 0.15) is 55.9 Å². The van der Waals surface area contributed by atoms with Crippen LogP contribution >= 0.6 is 0 Å². The Morgan fingerprint density at radius 1 is 0.944 bits per heavy atom. The zero-order valence-corrected chi connectivity index (χ0v) is 21.7. The van der Waals surface area contributed by atoms with E-state index in [0.29, 0.717) is 36.6 Å². The number of anilines is 1. The zero-order valence-electron chi connectivity index (χ0n) is 21.7. The molecule has 1 amide bonds. The average Bonchev–Trinajstić information content (AvgIpc) is 3.10. The second-order valence-electron chi connectivity index (χ2n) is 10.2. The van der Waals surface area contributed by atoms with Crippen molar-refractivity contribution >= 4 is 17.7 Å². The van der Waals surface area contributed by atoms with E-state index in [9.17, 15) is 9.59 Å². The number of nitrogens with zero attached hydrogens (tertiary/aromatic N) is 4. The van der Waals surface area contributed by atoms with Crippen LogP contribution in [0.2, 0.25) is 0 Å². The molecule has 1 aromatic carbocycles. The highest BCUT2D eigenvalue weighted by Gasteiger charge is 2.25. The minimum atomic E-state index is -0.525. The summed E-state index contributed by atoms with van der Waals surface area (Å²) in [6, 6.07) is 15.6. The molecule has 1 aliphatic rings. The largest absolute Gasteiger partial charge is 0.444 e. The Labute approximate surface area is 214 Å². The summed E-state index contributed by atoms with van der Waals surface area (Å²) in [4.78, 5) is 39.1. The number of carbonyl (C=O) groups excluding carboxylic acids is 2. The Balaban J connectivity index is 0.00000380. The van der Waals surface area contributed by atoms with Crippen LogP contribution in [-0.2, 0) is 4.74 Å². The van der Waals surface area contributed by atoms with Crippen molar-refractivity contribution in [2.24, 2.45) is 0 Å². The average molecular weight is 489 g/mol. The number of aromatic nitrogens is 2. The molecule has 0 aliphatic carbocycles. The number of amides is 1. The van der Waals surface area contributed by atoms with Gasteiger partial charge >= 0.3 is 6.09 Å². The highest BCUT2D eigenvalue weighted by Crippen LogP contribution is 2.24. The third kappa shape index (κ3) is 6.08. The van der Waals surface area contributed by atoms with E-state index in [0.717, 1.165) is 29.9 Å². The van der Waals surface area contributed by atoms with Gasteiger partial charge in [-0.25, -0.2) is 9.78 Å². The number of hydrogen-bond donors (Lipinski definition) is 0. The monoisotopic (exact) mass is 488 g/mol. The summed E-state index contributed by atoms with van der Waals surface area (Å²) in [7, 11) is 0. The molecule has 7 heteroatoms. The molecule has 2 aromatic heterocycles. The van der Waals surface area contributed by atoms with Crippen LogP contribution in [0.15, 0.2) is 54.7 Å². The molecule has 3 heterocycles. The molecule has 0 unspecified atom stereocenters. The Morgan fingerprint density at radius 3 is 2.42 bits per heavy atom. The van der Waals surface area contributed by atoms with Crippen molar-refractivity contribution in [2.45, 2.75) is 46.6 Å². The fourth-order valence-electron chi connectivity index (χ4n) is 4.19. The SMILES string of the molecule is Cc1ccc(-c2cnc(C)c(C(=O)c3cccc(N4CCCN(C(=O)OC(C)(C)C)CC4)n3)c2)cc1.[HH]. The molecule has 1 aliphatic heterocycles. The molecule has 4 rings (SSSR count). The van der Waals surface area contributed by atoms with Crippen LogP contribution in [0.3, 0.4) is 0 Å². The first-order valence-corrected chi connectivity index (χ1v) is 12.4. The van der Waals surface area contributed by atoms with Crippen LogP contribution in [-0.4, -0.2) is 58.5 Å². The van der Waals surface area contributed by atoms with E-state index < -0.39 is 5.60 Å². The predicted molar refractivity (Wildman–Crippen MR) is 144 cm³/mol. The summed E-state index contributed by atoms with van der Waals surface area (Å²) in [6.07, 6.45) is 2.30. The van der Waals surface area contributed by atoms with Gasteiger partial charge in [0.25, 0.3) is 0 Å². The third-order valence-corrected chi connectivity index (χ3v) is 6.16. The number of benzene rings is 1. The van der Waals surface area contributed by atoms with Crippen molar-refractivity contribution in [1.29, 1.82) is 0 Å². The van der Waals surface area contributed by atoms with E-state index in [1.165, 1.54) is 5.56 Å². The molecular weight excluding hydrogens is 452 g/mol. The van der Waals surface area contributed by atoms with Gasteiger partial charge in [-0.3, -0.25) is 9.78 Å². The van der Waals surface area contributed by atoms with Crippen LogP contribution < -0.4 is 4.90 Å². The minimum Gasteiger partial charge on any atom is -0.444 e. The number of ketones is 1. The van der Waals surface area contributed by atoms with Gasteiger partial charge in [0.05, 0.1) is 0 Å². The van der Waals surface area contributed by atoms with Gasteiger partial charge in [-0.05, 0) is 64.8 Å². The molecule has 0 atom stereocenters. The molecule has 0 saturated carbocycles. The third-order valence-electron chi connectivity index (χ3n) is 6.16. The standard InChI is InChI=1S/C29H34N4O3.H2/c1-20-10-12-22(13-11-20)23-18-24(21(2)30-19-23)27(34)25-8-6-9-26(31-25)32-14-7-15-33(17-16-32)28(35)36-29(3,4)5;/h6,8-13,18-19H,7,14-17H2,1-5H3;1H. The maximum Gasteiger partial charge on any atom is 0.410 e. The number of carbonyl (C=O) groups is 2. The summed E-state index contributed by atoms with van der Waals surface area (Å²) >= 11 is 0. The number of hydrogen-bond acceptors (Lipinski definition) is 6. The number of aryl methyl sites for hydroxylation is 2. The fraction of sp³-hybridized carbons (Fsp3) is 0.379. The van der Waals surface area contributed by atoms with Gasteiger partial charge in [-0.1, -0.05) is 35.9 Å². The van der Waals surface area contributed by atoms with Crippen molar-refractivity contribution in [3.8, 4) is 11.1 Å². The van der Waals surface area contributed by atoms with Gasteiger partial charge in [0, 0.05) is 50.6 Å². The van der Waals surface area contributed by atoms with Gasteiger partial charge in [0.2, 0.25) is 5.78 Å². The summed E-state index contributed by atoms with van der Waals surface area (Å²) in [5.41, 5.74) is 4.17. The smallest absolute Gasteiger partial charge is 0.410 e. The van der Waals surface area contributed by atoms with Crippen molar-refractivity contribution in [3.05, 3.63) is 77.2 Å². The van der Waals surface area contributed by atoms with Crippen LogP contribution in [0.25, 0.3) is 11.1 Å². The Bertz CT molecular complexity index is 1250.